The minimum absolute atomic E-state index is 0.183. The van der Waals surface area contributed by atoms with E-state index in [1.54, 1.807) is 19.3 Å². The molecule has 2 aliphatic rings. The number of carbonyl (C=O) groups is 1. The van der Waals surface area contributed by atoms with E-state index in [0.717, 1.165) is 38.8 Å². The molecule has 24 heavy (non-hydrogen) atoms. The van der Waals surface area contributed by atoms with Gasteiger partial charge in [-0.3, -0.25) is 9.69 Å². The van der Waals surface area contributed by atoms with Crippen molar-refractivity contribution in [3.05, 3.63) is 24.3 Å². The third kappa shape index (κ3) is 2.84. The SMILES string of the molecule is CC(=O)N1CCC[C@H]1[C@@H]1CCCN1Cc1nc(-c2ccco2)no1. The fraction of sp³-hybridized carbons (Fsp3) is 0.588. The van der Waals surface area contributed by atoms with Crippen molar-refractivity contribution in [3.63, 3.8) is 0 Å². The lowest BCUT2D eigenvalue weighted by Gasteiger charge is -2.33. The number of likely N-dealkylation sites (tertiary alicyclic amines) is 2. The number of carbonyl (C=O) groups excluding carboxylic acids is 1. The lowest BCUT2D eigenvalue weighted by atomic mass is 10.0. The maximum absolute atomic E-state index is 11.9. The van der Waals surface area contributed by atoms with Gasteiger partial charge in [-0.1, -0.05) is 5.16 Å². The van der Waals surface area contributed by atoms with Crippen molar-refractivity contribution in [1.82, 2.24) is 19.9 Å². The van der Waals surface area contributed by atoms with Crippen LogP contribution in [0.2, 0.25) is 0 Å². The van der Waals surface area contributed by atoms with Gasteiger partial charge >= 0.3 is 0 Å². The summed E-state index contributed by atoms with van der Waals surface area (Å²) < 4.78 is 10.7. The fourth-order valence-electron chi connectivity index (χ4n) is 4.07. The number of rotatable bonds is 4. The Morgan fingerprint density at radius 3 is 2.92 bits per heavy atom. The van der Waals surface area contributed by atoms with E-state index in [0.29, 0.717) is 36.1 Å². The van der Waals surface area contributed by atoms with Crippen molar-refractivity contribution in [1.29, 1.82) is 0 Å². The van der Waals surface area contributed by atoms with Crippen LogP contribution in [-0.4, -0.2) is 51.0 Å². The summed E-state index contributed by atoms with van der Waals surface area (Å²) in [6, 6.07) is 4.32. The van der Waals surface area contributed by atoms with E-state index in [4.69, 9.17) is 8.94 Å². The molecule has 4 heterocycles. The molecular formula is C17H22N4O3. The highest BCUT2D eigenvalue weighted by Gasteiger charge is 2.39. The minimum atomic E-state index is 0.183. The summed E-state index contributed by atoms with van der Waals surface area (Å²) in [4.78, 5) is 20.7. The number of furan rings is 1. The Morgan fingerprint density at radius 2 is 2.12 bits per heavy atom. The van der Waals surface area contributed by atoms with Gasteiger partial charge in [0.25, 0.3) is 0 Å². The van der Waals surface area contributed by atoms with Gasteiger partial charge in [-0.05, 0) is 44.4 Å². The molecule has 0 saturated carbocycles. The molecule has 2 fully saturated rings. The summed E-state index contributed by atoms with van der Waals surface area (Å²) in [5.41, 5.74) is 0. The molecular weight excluding hydrogens is 308 g/mol. The highest BCUT2D eigenvalue weighted by atomic mass is 16.5. The van der Waals surface area contributed by atoms with Crippen LogP contribution >= 0.6 is 0 Å². The van der Waals surface area contributed by atoms with E-state index in [1.165, 1.54) is 0 Å². The molecule has 2 aromatic heterocycles. The molecule has 0 N–H and O–H groups in total. The number of aromatic nitrogens is 2. The monoisotopic (exact) mass is 330 g/mol. The molecule has 2 atom stereocenters. The van der Waals surface area contributed by atoms with Crippen LogP contribution in [0.15, 0.2) is 27.3 Å². The third-order valence-electron chi connectivity index (χ3n) is 5.11. The van der Waals surface area contributed by atoms with Gasteiger partial charge in [0.15, 0.2) is 5.76 Å². The summed E-state index contributed by atoms with van der Waals surface area (Å²) in [5, 5.41) is 4.00. The molecule has 2 aliphatic heterocycles. The molecule has 0 aliphatic carbocycles. The first kappa shape index (κ1) is 15.4. The number of amides is 1. The number of hydrogen-bond acceptors (Lipinski definition) is 6. The molecule has 7 heteroatoms. The van der Waals surface area contributed by atoms with Crippen LogP contribution in [0.3, 0.4) is 0 Å². The summed E-state index contributed by atoms with van der Waals surface area (Å²) in [7, 11) is 0. The molecule has 2 aromatic rings. The maximum Gasteiger partial charge on any atom is 0.241 e. The van der Waals surface area contributed by atoms with Gasteiger partial charge in [0, 0.05) is 25.6 Å². The van der Waals surface area contributed by atoms with Crippen LogP contribution in [0.1, 0.15) is 38.5 Å². The van der Waals surface area contributed by atoms with Gasteiger partial charge in [-0.25, -0.2) is 0 Å². The van der Waals surface area contributed by atoms with E-state index in [1.807, 2.05) is 11.0 Å². The zero-order chi connectivity index (χ0) is 16.5. The average Bonchev–Trinajstić information content (AvgIpc) is 3.35. The molecule has 0 spiro atoms. The Labute approximate surface area is 140 Å². The van der Waals surface area contributed by atoms with Gasteiger partial charge in [0.1, 0.15) is 0 Å². The third-order valence-corrected chi connectivity index (χ3v) is 5.11. The highest BCUT2D eigenvalue weighted by Crippen LogP contribution is 2.31. The first-order valence-corrected chi connectivity index (χ1v) is 8.60. The topological polar surface area (TPSA) is 75.6 Å². The van der Waals surface area contributed by atoms with Crippen LogP contribution in [0.5, 0.6) is 0 Å². The second-order valence-corrected chi connectivity index (χ2v) is 6.59. The molecule has 1 amide bonds. The fourth-order valence-corrected chi connectivity index (χ4v) is 4.07. The van der Waals surface area contributed by atoms with Crippen molar-refractivity contribution >= 4 is 5.91 Å². The average molecular weight is 330 g/mol. The second-order valence-electron chi connectivity index (χ2n) is 6.59. The predicted octanol–water partition coefficient (Wildman–Crippen LogP) is 2.30. The van der Waals surface area contributed by atoms with E-state index in [2.05, 4.69) is 15.0 Å². The van der Waals surface area contributed by atoms with Crippen LogP contribution in [0.25, 0.3) is 11.6 Å². The number of nitrogens with zero attached hydrogens (tertiary/aromatic N) is 4. The zero-order valence-electron chi connectivity index (χ0n) is 13.9. The van der Waals surface area contributed by atoms with E-state index < -0.39 is 0 Å². The molecule has 0 radical (unpaired) electrons. The minimum Gasteiger partial charge on any atom is -0.461 e. The molecule has 2 saturated heterocycles. The molecule has 4 rings (SSSR count). The Balaban J connectivity index is 1.47. The van der Waals surface area contributed by atoms with E-state index in [-0.39, 0.29) is 5.91 Å². The van der Waals surface area contributed by atoms with Crippen molar-refractivity contribution in [2.75, 3.05) is 13.1 Å². The lowest BCUT2D eigenvalue weighted by Crippen LogP contribution is -2.47. The van der Waals surface area contributed by atoms with Crippen LogP contribution in [0, 0.1) is 0 Å². The van der Waals surface area contributed by atoms with Gasteiger partial charge in [0.05, 0.1) is 12.8 Å². The summed E-state index contributed by atoms with van der Waals surface area (Å²) in [5.74, 6) is 1.88. The van der Waals surface area contributed by atoms with Crippen LogP contribution in [-0.2, 0) is 11.3 Å². The zero-order valence-corrected chi connectivity index (χ0v) is 13.9. The standard InChI is InChI=1S/C17H22N4O3/c1-12(22)21-9-3-6-14(21)13-5-2-8-20(13)11-16-18-17(19-24-16)15-7-4-10-23-15/h4,7,10,13-14H,2-3,5-6,8-9,11H2,1H3/t13-,14-/m0/s1. The van der Waals surface area contributed by atoms with Gasteiger partial charge in [-0.2, -0.15) is 4.98 Å². The van der Waals surface area contributed by atoms with Crippen molar-refractivity contribution in [2.45, 2.75) is 51.2 Å². The Bertz CT molecular complexity index is 697. The Hall–Kier alpha value is -2.15. The first-order valence-electron chi connectivity index (χ1n) is 8.60. The summed E-state index contributed by atoms with van der Waals surface area (Å²) >= 11 is 0. The molecule has 7 nitrogen and oxygen atoms in total. The molecule has 0 bridgehead atoms. The van der Waals surface area contributed by atoms with Crippen molar-refractivity contribution < 1.29 is 13.7 Å². The smallest absolute Gasteiger partial charge is 0.241 e. The van der Waals surface area contributed by atoms with Gasteiger partial charge < -0.3 is 13.8 Å². The van der Waals surface area contributed by atoms with Crippen LogP contribution < -0.4 is 0 Å². The highest BCUT2D eigenvalue weighted by molar-refractivity contribution is 5.74. The normalized spacial score (nSPS) is 24.8. The van der Waals surface area contributed by atoms with Gasteiger partial charge in [-0.15, -0.1) is 0 Å². The lowest BCUT2D eigenvalue weighted by molar-refractivity contribution is -0.130. The number of hydrogen-bond donors (Lipinski definition) is 0. The maximum atomic E-state index is 11.9. The quantitative estimate of drug-likeness (QED) is 0.856. The van der Waals surface area contributed by atoms with Crippen molar-refractivity contribution in [2.24, 2.45) is 0 Å². The van der Waals surface area contributed by atoms with E-state index in [9.17, 15) is 4.79 Å². The Morgan fingerprint density at radius 1 is 1.29 bits per heavy atom. The van der Waals surface area contributed by atoms with Crippen molar-refractivity contribution in [3.8, 4) is 11.6 Å². The van der Waals surface area contributed by atoms with Gasteiger partial charge in [0.2, 0.25) is 17.6 Å². The second kappa shape index (κ2) is 6.39. The molecule has 0 aromatic carbocycles. The Kier molecular flexibility index (Phi) is 4.10. The van der Waals surface area contributed by atoms with Crippen LogP contribution in [0.4, 0.5) is 0 Å². The predicted molar refractivity (Wildman–Crippen MR) is 85.8 cm³/mol. The molecule has 128 valence electrons. The van der Waals surface area contributed by atoms with E-state index >= 15 is 0 Å². The largest absolute Gasteiger partial charge is 0.461 e. The summed E-state index contributed by atoms with van der Waals surface area (Å²) in [6.07, 6.45) is 6.04. The first-order chi connectivity index (χ1) is 11.7. The summed E-state index contributed by atoms with van der Waals surface area (Å²) in [6.45, 7) is 4.19. The molecule has 0 unspecified atom stereocenters.